The molecule has 2 aromatic carbocycles. The summed E-state index contributed by atoms with van der Waals surface area (Å²) in [7, 11) is 0. The summed E-state index contributed by atoms with van der Waals surface area (Å²) in [6, 6.07) is 13.6. The van der Waals surface area contributed by atoms with Gasteiger partial charge in [-0.2, -0.15) is 0 Å². The van der Waals surface area contributed by atoms with Crippen LogP contribution in [-0.2, 0) is 11.3 Å². The second-order valence-corrected chi connectivity index (χ2v) is 6.53. The lowest BCUT2D eigenvalue weighted by molar-refractivity contribution is -0.127. The largest absolute Gasteiger partial charge is 0.491 e. The lowest BCUT2D eigenvalue weighted by atomic mass is 10.1. The van der Waals surface area contributed by atoms with Crippen molar-refractivity contribution < 1.29 is 14.3 Å². The van der Waals surface area contributed by atoms with Gasteiger partial charge in [-0.05, 0) is 75.6 Å². The number of rotatable bonds is 7. The molecule has 2 rings (SSSR count). The van der Waals surface area contributed by atoms with Gasteiger partial charge in [0.05, 0.1) is 6.10 Å². The highest BCUT2D eigenvalue weighted by Crippen LogP contribution is 2.18. The number of aryl methyl sites for hydroxylation is 2. The Kier molecular flexibility index (Phi) is 6.45. The predicted octanol–water partition coefficient (Wildman–Crippen LogP) is 4.17. The number of carbonyl (C=O) groups is 1. The molecule has 0 radical (unpaired) electrons. The van der Waals surface area contributed by atoms with E-state index < -0.39 is 6.10 Å². The highest BCUT2D eigenvalue weighted by molar-refractivity contribution is 5.80. The third-order valence-corrected chi connectivity index (χ3v) is 3.92. The van der Waals surface area contributed by atoms with Gasteiger partial charge < -0.3 is 14.8 Å². The number of carbonyl (C=O) groups excluding carboxylic acids is 1. The molecule has 4 heteroatoms. The second kappa shape index (κ2) is 8.56. The average Bonchev–Trinajstić information content (AvgIpc) is 2.56. The lowest BCUT2D eigenvalue weighted by Crippen LogP contribution is -2.35. The molecular weight excluding hydrogens is 314 g/mol. The first kappa shape index (κ1) is 18.8. The normalized spacial score (nSPS) is 11.9. The van der Waals surface area contributed by atoms with E-state index in [2.05, 4.69) is 5.32 Å². The van der Waals surface area contributed by atoms with Crippen molar-refractivity contribution in [1.29, 1.82) is 0 Å². The molecule has 0 bridgehead atoms. The summed E-state index contributed by atoms with van der Waals surface area (Å²) in [6.07, 6.45) is -0.403. The van der Waals surface area contributed by atoms with Gasteiger partial charge in [0.2, 0.25) is 0 Å². The fourth-order valence-corrected chi connectivity index (χ4v) is 2.34. The summed E-state index contributed by atoms with van der Waals surface area (Å²) in [5.41, 5.74) is 3.37. The molecule has 4 nitrogen and oxygen atoms in total. The molecule has 0 saturated heterocycles. The third-order valence-electron chi connectivity index (χ3n) is 3.92. The summed E-state index contributed by atoms with van der Waals surface area (Å²) in [4.78, 5) is 12.2. The van der Waals surface area contributed by atoms with Crippen molar-refractivity contribution in [3.8, 4) is 11.5 Å². The van der Waals surface area contributed by atoms with Crippen LogP contribution in [-0.4, -0.2) is 18.1 Å². The molecule has 0 aromatic heterocycles. The van der Waals surface area contributed by atoms with Gasteiger partial charge in [-0.15, -0.1) is 0 Å². The van der Waals surface area contributed by atoms with Crippen molar-refractivity contribution in [2.75, 3.05) is 0 Å². The molecule has 0 fully saturated rings. The minimum absolute atomic E-state index is 0.138. The highest BCUT2D eigenvalue weighted by Gasteiger charge is 2.14. The van der Waals surface area contributed by atoms with Crippen LogP contribution in [0.3, 0.4) is 0 Å². The van der Waals surface area contributed by atoms with E-state index >= 15 is 0 Å². The fraction of sp³-hybridized carbons (Fsp3) is 0.381. The van der Waals surface area contributed by atoms with Crippen LogP contribution < -0.4 is 14.8 Å². The summed E-state index contributed by atoms with van der Waals surface area (Å²) < 4.78 is 11.3. The van der Waals surface area contributed by atoms with Crippen LogP contribution in [0.25, 0.3) is 0 Å². The van der Waals surface area contributed by atoms with Crippen LogP contribution in [0, 0.1) is 13.8 Å². The number of benzene rings is 2. The Bertz CT molecular complexity index is 708. The van der Waals surface area contributed by atoms with Crippen molar-refractivity contribution in [3.63, 3.8) is 0 Å². The third kappa shape index (κ3) is 5.82. The molecule has 0 saturated carbocycles. The van der Waals surface area contributed by atoms with E-state index in [0.29, 0.717) is 12.3 Å². The van der Waals surface area contributed by atoms with Gasteiger partial charge in [0.25, 0.3) is 5.91 Å². The quantitative estimate of drug-likeness (QED) is 0.822. The Morgan fingerprint density at radius 2 is 1.56 bits per heavy atom. The number of amides is 1. The second-order valence-electron chi connectivity index (χ2n) is 6.53. The molecule has 0 aliphatic carbocycles. The summed E-state index contributed by atoms with van der Waals surface area (Å²) in [5.74, 6) is 1.40. The molecule has 1 atom stereocenters. The predicted molar refractivity (Wildman–Crippen MR) is 100 cm³/mol. The van der Waals surface area contributed by atoms with Gasteiger partial charge in [0.1, 0.15) is 11.5 Å². The first-order chi connectivity index (χ1) is 11.8. The molecule has 0 spiro atoms. The number of hydrogen-bond acceptors (Lipinski definition) is 3. The van der Waals surface area contributed by atoms with E-state index in [1.54, 1.807) is 6.92 Å². The highest BCUT2D eigenvalue weighted by atomic mass is 16.5. The number of ether oxygens (including phenoxy) is 2. The zero-order valence-corrected chi connectivity index (χ0v) is 15.6. The van der Waals surface area contributed by atoms with Crippen LogP contribution in [0.1, 0.15) is 37.5 Å². The van der Waals surface area contributed by atoms with Gasteiger partial charge in [0, 0.05) is 6.54 Å². The van der Waals surface area contributed by atoms with Crippen LogP contribution in [0.5, 0.6) is 11.5 Å². The minimum atomic E-state index is -0.550. The van der Waals surface area contributed by atoms with Gasteiger partial charge >= 0.3 is 0 Å². The zero-order valence-electron chi connectivity index (χ0n) is 15.6. The fourth-order valence-electron chi connectivity index (χ4n) is 2.34. The van der Waals surface area contributed by atoms with Crippen LogP contribution in [0.4, 0.5) is 0 Å². The maximum atomic E-state index is 12.2. The molecule has 0 aliphatic rings. The molecule has 134 valence electrons. The Morgan fingerprint density at radius 1 is 0.920 bits per heavy atom. The Hall–Kier alpha value is -2.49. The molecule has 0 unspecified atom stereocenters. The molecule has 0 heterocycles. The molecule has 25 heavy (non-hydrogen) atoms. The standard InChI is InChI=1S/C21H27NO3/c1-14(2)24-19-10-7-18(8-11-19)13-22-21(23)17(5)25-20-9-6-15(3)16(4)12-20/h6-12,14,17H,13H2,1-5H3,(H,22,23)/t17-/m1/s1. The maximum Gasteiger partial charge on any atom is 0.261 e. The lowest BCUT2D eigenvalue weighted by Gasteiger charge is -2.16. The van der Waals surface area contributed by atoms with Gasteiger partial charge in [-0.25, -0.2) is 0 Å². The molecule has 1 amide bonds. The number of nitrogens with one attached hydrogen (secondary N) is 1. The molecular formula is C21H27NO3. The van der Waals surface area contributed by atoms with Crippen molar-refractivity contribution in [2.45, 2.75) is 53.4 Å². The van der Waals surface area contributed by atoms with E-state index in [4.69, 9.17) is 9.47 Å². The van der Waals surface area contributed by atoms with Gasteiger partial charge in [-0.3, -0.25) is 4.79 Å². The Morgan fingerprint density at radius 3 is 2.16 bits per heavy atom. The van der Waals surface area contributed by atoms with E-state index in [1.165, 1.54) is 5.56 Å². The van der Waals surface area contributed by atoms with E-state index in [1.807, 2.05) is 70.2 Å². The van der Waals surface area contributed by atoms with Crippen molar-refractivity contribution in [2.24, 2.45) is 0 Å². The zero-order chi connectivity index (χ0) is 18.4. The average molecular weight is 341 g/mol. The van der Waals surface area contributed by atoms with Crippen molar-refractivity contribution >= 4 is 5.91 Å². The smallest absolute Gasteiger partial charge is 0.261 e. The monoisotopic (exact) mass is 341 g/mol. The molecule has 2 aromatic rings. The van der Waals surface area contributed by atoms with Gasteiger partial charge in [-0.1, -0.05) is 18.2 Å². The van der Waals surface area contributed by atoms with Crippen LogP contribution in [0.15, 0.2) is 42.5 Å². The Labute approximate surface area is 150 Å². The van der Waals surface area contributed by atoms with Crippen LogP contribution in [0.2, 0.25) is 0 Å². The van der Waals surface area contributed by atoms with Gasteiger partial charge in [0.15, 0.2) is 6.10 Å². The first-order valence-corrected chi connectivity index (χ1v) is 8.62. The summed E-state index contributed by atoms with van der Waals surface area (Å²) in [5, 5.41) is 2.90. The van der Waals surface area contributed by atoms with E-state index in [9.17, 15) is 4.79 Å². The summed E-state index contributed by atoms with van der Waals surface area (Å²) in [6.45, 7) is 10.3. The first-order valence-electron chi connectivity index (χ1n) is 8.62. The molecule has 0 aliphatic heterocycles. The van der Waals surface area contributed by atoms with Crippen molar-refractivity contribution in [3.05, 3.63) is 59.2 Å². The van der Waals surface area contributed by atoms with Crippen LogP contribution >= 0.6 is 0 Å². The Balaban J connectivity index is 1.85. The number of hydrogen-bond donors (Lipinski definition) is 1. The van der Waals surface area contributed by atoms with E-state index in [0.717, 1.165) is 16.9 Å². The SMILES string of the molecule is Cc1ccc(O[C@H](C)C(=O)NCc2ccc(OC(C)C)cc2)cc1C. The maximum absolute atomic E-state index is 12.2. The van der Waals surface area contributed by atoms with Crippen molar-refractivity contribution in [1.82, 2.24) is 5.32 Å². The minimum Gasteiger partial charge on any atom is -0.491 e. The topological polar surface area (TPSA) is 47.6 Å². The summed E-state index contributed by atoms with van der Waals surface area (Å²) >= 11 is 0. The molecule has 1 N–H and O–H groups in total. The van der Waals surface area contributed by atoms with E-state index in [-0.39, 0.29) is 12.0 Å².